The van der Waals surface area contributed by atoms with Crippen molar-refractivity contribution in [3.8, 4) is 0 Å². The van der Waals surface area contributed by atoms with Gasteiger partial charge in [-0.1, -0.05) is 12.2 Å². The Morgan fingerprint density at radius 3 is 2.37 bits per heavy atom. The summed E-state index contributed by atoms with van der Waals surface area (Å²) in [6, 6.07) is 3.31. The lowest BCUT2D eigenvalue weighted by Gasteiger charge is -2.13. The fraction of sp³-hybridized carbons (Fsp3) is 0.385. The van der Waals surface area contributed by atoms with E-state index >= 15 is 0 Å². The Bertz CT molecular complexity index is 509. The van der Waals surface area contributed by atoms with Gasteiger partial charge in [0.25, 0.3) is 0 Å². The van der Waals surface area contributed by atoms with Gasteiger partial charge in [-0.2, -0.15) is 0 Å². The number of nitrogens with one attached hydrogen (secondary N) is 1. The normalized spacial score (nSPS) is 15.9. The second kappa shape index (κ2) is 5.21. The van der Waals surface area contributed by atoms with Crippen molar-refractivity contribution in [1.82, 2.24) is 5.32 Å². The lowest BCUT2D eigenvalue weighted by molar-refractivity contribution is -0.123. The number of hydrogen-bond acceptors (Lipinski definition) is 2. The van der Waals surface area contributed by atoms with E-state index in [2.05, 4.69) is 5.32 Å². The standard InChI is InChI=1S/C13H14F2N2OS/c14-9-5-8(6-10(15)7-9)1-4-17-12(18)13(2-3-13)11(16)19/h5-7H,1-4H2,(H2,16,19)(H,17,18). The fourth-order valence-corrected chi connectivity index (χ4v) is 2.25. The summed E-state index contributed by atoms with van der Waals surface area (Å²) in [6.07, 6.45) is 1.69. The highest BCUT2D eigenvalue weighted by molar-refractivity contribution is 7.80. The first kappa shape index (κ1) is 13.9. The molecule has 1 amide bonds. The van der Waals surface area contributed by atoms with Crippen molar-refractivity contribution in [3.63, 3.8) is 0 Å². The van der Waals surface area contributed by atoms with E-state index in [0.717, 1.165) is 6.07 Å². The average Bonchev–Trinajstić information content (AvgIpc) is 3.08. The maximum Gasteiger partial charge on any atom is 0.233 e. The van der Waals surface area contributed by atoms with Gasteiger partial charge < -0.3 is 11.1 Å². The number of rotatable bonds is 5. The minimum Gasteiger partial charge on any atom is -0.392 e. The molecule has 3 N–H and O–H groups in total. The van der Waals surface area contributed by atoms with Crippen LogP contribution in [0.3, 0.4) is 0 Å². The number of carbonyl (C=O) groups excluding carboxylic acids is 1. The summed E-state index contributed by atoms with van der Waals surface area (Å²) in [5.74, 6) is -1.44. The van der Waals surface area contributed by atoms with E-state index in [1.165, 1.54) is 12.1 Å². The van der Waals surface area contributed by atoms with Crippen LogP contribution in [0.15, 0.2) is 18.2 Å². The Balaban J connectivity index is 1.87. The van der Waals surface area contributed by atoms with E-state index < -0.39 is 17.0 Å². The monoisotopic (exact) mass is 284 g/mol. The molecule has 0 aliphatic heterocycles. The van der Waals surface area contributed by atoms with Crippen molar-refractivity contribution in [2.45, 2.75) is 19.3 Å². The molecule has 0 aromatic heterocycles. The van der Waals surface area contributed by atoms with Crippen LogP contribution in [-0.2, 0) is 11.2 Å². The molecule has 6 heteroatoms. The van der Waals surface area contributed by atoms with Crippen LogP contribution in [-0.4, -0.2) is 17.4 Å². The summed E-state index contributed by atoms with van der Waals surface area (Å²) >= 11 is 4.87. The van der Waals surface area contributed by atoms with E-state index in [0.29, 0.717) is 31.4 Å². The molecule has 0 bridgehead atoms. The van der Waals surface area contributed by atoms with Crippen LogP contribution in [0, 0.1) is 17.0 Å². The maximum atomic E-state index is 13.0. The average molecular weight is 284 g/mol. The molecule has 1 aliphatic rings. The van der Waals surface area contributed by atoms with Gasteiger partial charge in [0, 0.05) is 12.6 Å². The first-order valence-corrected chi connectivity index (χ1v) is 6.38. The molecule has 19 heavy (non-hydrogen) atoms. The molecule has 102 valence electrons. The van der Waals surface area contributed by atoms with Gasteiger partial charge in [-0.25, -0.2) is 8.78 Å². The van der Waals surface area contributed by atoms with Crippen molar-refractivity contribution in [2.75, 3.05) is 6.54 Å². The molecule has 1 aromatic rings. The van der Waals surface area contributed by atoms with Gasteiger partial charge in [0.15, 0.2) is 0 Å². The lowest BCUT2D eigenvalue weighted by Crippen LogP contribution is -2.40. The first-order valence-electron chi connectivity index (χ1n) is 5.97. The molecule has 0 unspecified atom stereocenters. The Kier molecular flexibility index (Phi) is 3.80. The van der Waals surface area contributed by atoms with E-state index in [-0.39, 0.29) is 10.9 Å². The smallest absolute Gasteiger partial charge is 0.233 e. The molecule has 1 fully saturated rings. The summed E-state index contributed by atoms with van der Waals surface area (Å²) in [4.78, 5) is 12.1. The van der Waals surface area contributed by atoms with E-state index in [1.54, 1.807) is 0 Å². The highest BCUT2D eigenvalue weighted by Crippen LogP contribution is 2.46. The van der Waals surface area contributed by atoms with E-state index in [9.17, 15) is 13.6 Å². The molecule has 1 aromatic carbocycles. The second-order valence-electron chi connectivity index (χ2n) is 4.73. The molecule has 3 nitrogen and oxygen atoms in total. The molecule has 0 saturated heterocycles. The van der Waals surface area contributed by atoms with Gasteiger partial charge >= 0.3 is 0 Å². The van der Waals surface area contributed by atoms with Crippen molar-refractivity contribution >= 4 is 23.1 Å². The van der Waals surface area contributed by atoms with Crippen LogP contribution >= 0.6 is 12.2 Å². The number of halogens is 2. The highest BCUT2D eigenvalue weighted by atomic mass is 32.1. The van der Waals surface area contributed by atoms with E-state index in [4.69, 9.17) is 18.0 Å². The van der Waals surface area contributed by atoms with Crippen molar-refractivity contribution in [1.29, 1.82) is 0 Å². The third kappa shape index (κ3) is 3.07. The second-order valence-corrected chi connectivity index (χ2v) is 5.17. The molecule has 0 heterocycles. The molecule has 1 saturated carbocycles. The van der Waals surface area contributed by atoms with Gasteiger partial charge in [-0.3, -0.25) is 4.79 Å². The summed E-state index contributed by atoms with van der Waals surface area (Å²) < 4.78 is 25.9. The largest absolute Gasteiger partial charge is 0.392 e. The third-order valence-electron chi connectivity index (χ3n) is 3.28. The molecule has 1 aliphatic carbocycles. The Hall–Kier alpha value is -1.56. The molecule has 0 radical (unpaired) electrons. The molecular formula is C13H14F2N2OS. The predicted octanol–water partition coefficient (Wildman–Crippen LogP) is 1.69. The van der Waals surface area contributed by atoms with Gasteiger partial charge in [0.2, 0.25) is 5.91 Å². The topological polar surface area (TPSA) is 55.1 Å². The summed E-state index contributed by atoms with van der Waals surface area (Å²) in [5, 5.41) is 2.70. The zero-order valence-corrected chi connectivity index (χ0v) is 11.0. The number of nitrogens with two attached hydrogens (primary N) is 1. The van der Waals surface area contributed by atoms with Crippen LogP contribution in [0.25, 0.3) is 0 Å². The van der Waals surface area contributed by atoms with Crippen molar-refractivity contribution < 1.29 is 13.6 Å². The number of thiocarbonyl (C=S) groups is 1. The minimum atomic E-state index is -0.692. The Morgan fingerprint density at radius 1 is 1.32 bits per heavy atom. The SMILES string of the molecule is NC(=S)C1(C(=O)NCCc2cc(F)cc(F)c2)CC1. The van der Waals surface area contributed by atoms with Crippen LogP contribution < -0.4 is 11.1 Å². The van der Waals surface area contributed by atoms with Crippen molar-refractivity contribution in [2.24, 2.45) is 11.1 Å². The zero-order valence-electron chi connectivity index (χ0n) is 10.2. The minimum absolute atomic E-state index is 0.197. The van der Waals surface area contributed by atoms with Crippen LogP contribution in [0.5, 0.6) is 0 Å². The van der Waals surface area contributed by atoms with Gasteiger partial charge in [0.05, 0.1) is 10.4 Å². The molecular weight excluding hydrogens is 270 g/mol. The third-order valence-corrected chi connectivity index (χ3v) is 3.67. The van der Waals surface area contributed by atoms with Crippen LogP contribution in [0.1, 0.15) is 18.4 Å². The quantitative estimate of drug-likeness (QED) is 0.809. The number of carbonyl (C=O) groups is 1. The Labute approximate surface area is 115 Å². The Morgan fingerprint density at radius 2 is 1.89 bits per heavy atom. The summed E-state index contributed by atoms with van der Waals surface area (Å²) in [7, 11) is 0. The van der Waals surface area contributed by atoms with Crippen LogP contribution in [0.4, 0.5) is 8.78 Å². The summed E-state index contributed by atoms with van der Waals surface area (Å²) in [5.41, 5.74) is 5.33. The summed E-state index contributed by atoms with van der Waals surface area (Å²) in [6.45, 7) is 0.298. The highest BCUT2D eigenvalue weighted by Gasteiger charge is 2.52. The number of amides is 1. The number of benzene rings is 1. The molecule has 2 rings (SSSR count). The van der Waals surface area contributed by atoms with E-state index in [1.807, 2.05) is 0 Å². The maximum absolute atomic E-state index is 13.0. The number of hydrogen-bond donors (Lipinski definition) is 2. The van der Waals surface area contributed by atoms with Crippen LogP contribution in [0.2, 0.25) is 0 Å². The molecule has 0 spiro atoms. The first-order chi connectivity index (χ1) is 8.94. The fourth-order valence-electron chi connectivity index (χ4n) is 1.96. The van der Waals surface area contributed by atoms with Crippen molar-refractivity contribution in [3.05, 3.63) is 35.4 Å². The van der Waals surface area contributed by atoms with Gasteiger partial charge in [-0.05, 0) is 37.0 Å². The predicted molar refractivity (Wildman–Crippen MR) is 71.5 cm³/mol. The lowest BCUT2D eigenvalue weighted by atomic mass is 10.1. The molecule has 0 atom stereocenters. The van der Waals surface area contributed by atoms with Gasteiger partial charge in [-0.15, -0.1) is 0 Å². The zero-order chi connectivity index (χ0) is 14.0. The van der Waals surface area contributed by atoms with Gasteiger partial charge in [0.1, 0.15) is 11.6 Å².